The molecule has 0 bridgehead atoms. The molecule has 1 saturated carbocycles. The van der Waals surface area contributed by atoms with Crippen molar-refractivity contribution >= 4 is 21.9 Å². The molecule has 0 spiro atoms. The molecule has 5 heteroatoms. The van der Waals surface area contributed by atoms with Crippen molar-refractivity contribution in [3.63, 3.8) is 0 Å². The SMILES string of the molecule is O=C(O)C1CC(O)(Cc2cc(F)ccc2Br)C1. The number of halogens is 2. The van der Waals surface area contributed by atoms with Crippen LogP contribution in [0.3, 0.4) is 0 Å². The van der Waals surface area contributed by atoms with Gasteiger partial charge in [-0.2, -0.15) is 0 Å². The van der Waals surface area contributed by atoms with E-state index in [1.165, 1.54) is 12.1 Å². The zero-order valence-electron chi connectivity index (χ0n) is 8.99. The lowest BCUT2D eigenvalue weighted by atomic mass is 9.68. The number of hydrogen-bond donors (Lipinski definition) is 2. The Balaban J connectivity index is 2.07. The van der Waals surface area contributed by atoms with E-state index >= 15 is 0 Å². The van der Waals surface area contributed by atoms with E-state index in [0.29, 0.717) is 5.56 Å². The van der Waals surface area contributed by atoms with Crippen molar-refractivity contribution in [1.29, 1.82) is 0 Å². The Morgan fingerprint density at radius 1 is 1.53 bits per heavy atom. The lowest BCUT2D eigenvalue weighted by Crippen LogP contribution is -2.48. The molecule has 2 rings (SSSR count). The van der Waals surface area contributed by atoms with Crippen molar-refractivity contribution in [3.05, 3.63) is 34.1 Å². The Bertz CT molecular complexity index is 455. The fourth-order valence-corrected chi connectivity index (χ4v) is 2.60. The monoisotopic (exact) mass is 302 g/mol. The van der Waals surface area contributed by atoms with Crippen LogP contribution in [0.5, 0.6) is 0 Å². The van der Waals surface area contributed by atoms with E-state index in [-0.39, 0.29) is 25.1 Å². The van der Waals surface area contributed by atoms with Crippen LogP contribution in [0.4, 0.5) is 4.39 Å². The van der Waals surface area contributed by atoms with E-state index in [0.717, 1.165) is 4.47 Å². The molecule has 0 atom stereocenters. The average molecular weight is 303 g/mol. The van der Waals surface area contributed by atoms with E-state index in [2.05, 4.69) is 15.9 Å². The molecular formula is C12H12BrFO3. The Morgan fingerprint density at radius 2 is 2.18 bits per heavy atom. The molecule has 0 unspecified atom stereocenters. The summed E-state index contributed by atoms with van der Waals surface area (Å²) in [5.74, 6) is -1.72. The Morgan fingerprint density at radius 3 is 2.76 bits per heavy atom. The van der Waals surface area contributed by atoms with Crippen LogP contribution in [0, 0.1) is 11.7 Å². The first-order chi connectivity index (χ1) is 7.89. The molecule has 17 heavy (non-hydrogen) atoms. The minimum atomic E-state index is -1.01. The number of carboxylic acids is 1. The second kappa shape index (κ2) is 4.38. The summed E-state index contributed by atoms with van der Waals surface area (Å²) in [5.41, 5.74) is -0.351. The van der Waals surface area contributed by atoms with E-state index < -0.39 is 17.5 Å². The van der Waals surface area contributed by atoms with Gasteiger partial charge in [-0.1, -0.05) is 15.9 Å². The van der Waals surface area contributed by atoms with Gasteiger partial charge in [-0.05, 0) is 36.6 Å². The summed E-state index contributed by atoms with van der Waals surface area (Å²) < 4.78 is 13.8. The predicted molar refractivity (Wildman–Crippen MR) is 63.1 cm³/mol. The molecule has 0 saturated heterocycles. The maximum atomic E-state index is 13.1. The van der Waals surface area contributed by atoms with Crippen LogP contribution in [0.1, 0.15) is 18.4 Å². The molecule has 0 aliphatic heterocycles. The Kier molecular flexibility index (Phi) is 3.23. The first-order valence-corrected chi connectivity index (χ1v) is 6.08. The average Bonchev–Trinajstić information content (AvgIpc) is 2.19. The van der Waals surface area contributed by atoms with Gasteiger partial charge in [-0.15, -0.1) is 0 Å². The number of aliphatic carboxylic acids is 1. The summed E-state index contributed by atoms with van der Waals surface area (Å²) in [6.07, 6.45) is 0.728. The van der Waals surface area contributed by atoms with Crippen LogP contribution in [0.15, 0.2) is 22.7 Å². The summed E-state index contributed by atoms with van der Waals surface area (Å²) in [6.45, 7) is 0. The van der Waals surface area contributed by atoms with Crippen LogP contribution in [-0.2, 0) is 11.2 Å². The standard InChI is InChI=1S/C12H12BrFO3/c13-10-2-1-9(14)3-7(10)4-12(17)5-8(6-12)11(15)16/h1-3,8,17H,4-6H2,(H,15,16). The Hall–Kier alpha value is -0.940. The molecule has 1 aliphatic carbocycles. The van der Waals surface area contributed by atoms with Crippen molar-refractivity contribution < 1.29 is 19.4 Å². The molecule has 0 amide bonds. The van der Waals surface area contributed by atoms with Gasteiger partial charge in [0, 0.05) is 10.9 Å². The molecule has 1 aromatic carbocycles. The largest absolute Gasteiger partial charge is 0.481 e. The number of hydrogen-bond acceptors (Lipinski definition) is 2. The van der Waals surface area contributed by atoms with Crippen molar-refractivity contribution in [2.75, 3.05) is 0 Å². The van der Waals surface area contributed by atoms with Crippen molar-refractivity contribution in [1.82, 2.24) is 0 Å². The highest BCUT2D eigenvalue weighted by Gasteiger charge is 2.46. The third-order valence-electron chi connectivity index (χ3n) is 3.13. The normalized spacial score (nSPS) is 27.6. The van der Waals surface area contributed by atoms with Crippen LogP contribution < -0.4 is 0 Å². The summed E-state index contributed by atoms with van der Waals surface area (Å²) in [5, 5.41) is 18.8. The second-order valence-corrected chi connectivity index (χ2v) is 5.43. The van der Waals surface area contributed by atoms with E-state index in [1.807, 2.05) is 0 Å². The van der Waals surface area contributed by atoms with Gasteiger partial charge in [0.2, 0.25) is 0 Å². The van der Waals surface area contributed by atoms with E-state index in [9.17, 15) is 14.3 Å². The fraction of sp³-hybridized carbons (Fsp3) is 0.417. The van der Waals surface area contributed by atoms with Gasteiger partial charge < -0.3 is 10.2 Å². The number of carboxylic acid groups (broad SMARTS) is 1. The minimum absolute atomic E-state index is 0.227. The molecule has 0 radical (unpaired) electrons. The number of aliphatic hydroxyl groups is 1. The molecule has 1 aliphatic rings. The molecule has 0 aromatic heterocycles. The van der Waals surface area contributed by atoms with E-state index in [1.54, 1.807) is 6.07 Å². The zero-order valence-corrected chi connectivity index (χ0v) is 10.6. The molecule has 3 nitrogen and oxygen atoms in total. The lowest BCUT2D eigenvalue weighted by Gasteiger charge is -2.41. The van der Waals surface area contributed by atoms with Gasteiger partial charge in [0.25, 0.3) is 0 Å². The summed E-state index contributed by atoms with van der Waals surface area (Å²) in [4.78, 5) is 10.7. The van der Waals surface area contributed by atoms with Gasteiger partial charge in [0.1, 0.15) is 5.82 Å². The van der Waals surface area contributed by atoms with E-state index in [4.69, 9.17) is 5.11 Å². The second-order valence-electron chi connectivity index (χ2n) is 4.58. The van der Waals surface area contributed by atoms with Gasteiger partial charge in [0.05, 0.1) is 11.5 Å². The highest BCUT2D eigenvalue weighted by molar-refractivity contribution is 9.10. The zero-order chi connectivity index (χ0) is 12.6. The highest BCUT2D eigenvalue weighted by Crippen LogP contribution is 2.41. The Labute approximate surface area is 106 Å². The number of carbonyl (C=O) groups is 1. The predicted octanol–water partition coefficient (Wildman–Crippen LogP) is 2.36. The fourth-order valence-electron chi connectivity index (χ4n) is 2.21. The van der Waals surface area contributed by atoms with Gasteiger partial charge in [-0.3, -0.25) is 4.79 Å². The lowest BCUT2D eigenvalue weighted by molar-refractivity contribution is -0.158. The quantitative estimate of drug-likeness (QED) is 0.901. The van der Waals surface area contributed by atoms with Gasteiger partial charge in [-0.25, -0.2) is 4.39 Å². The molecular weight excluding hydrogens is 291 g/mol. The third kappa shape index (κ3) is 2.66. The number of benzene rings is 1. The van der Waals surface area contributed by atoms with Gasteiger partial charge in [0.15, 0.2) is 0 Å². The maximum Gasteiger partial charge on any atom is 0.306 e. The van der Waals surface area contributed by atoms with Crippen molar-refractivity contribution in [2.24, 2.45) is 5.92 Å². The maximum absolute atomic E-state index is 13.1. The first-order valence-electron chi connectivity index (χ1n) is 5.29. The van der Waals surface area contributed by atoms with Crippen LogP contribution in [-0.4, -0.2) is 21.8 Å². The summed E-state index contributed by atoms with van der Waals surface area (Å²) in [7, 11) is 0. The first kappa shape index (κ1) is 12.5. The summed E-state index contributed by atoms with van der Waals surface area (Å²) >= 11 is 3.29. The minimum Gasteiger partial charge on any atom is -0.481 e. The van der Waals surface area contributed by atoms with Gasteiger partial charge >= 0.3 is 5.97 Å². The topological polar surface area (TPSA) is 57.5 Å². The van der Waals surface area contributed by atoms with Crippen LogP contribution in [0.25, 0.3) is 0 Å². The van der Waals surface area contributed by atoms with Crippen LogP contribution >= 0.6 is 15.9 Å². The molecule has 0 heterocycles. The highest BCUT2D eigenvalue weighted by atomic mass is 79.9. The van der Waals surface area contributed by atoms with Crippen molar-refractivity contribution in [2.45, 2.75) is 24.9 Å². The number of rotatable bonds is 3. The smallest absolute Gasteiger partial charge is 0.306 e. The molecule has 92 valence electrons. The van der Waals surface area contributed by atoms with Crippen molar-refractivity contribution in [3.8, 4) is 0 Å². The third-order valence-corrected chi connectivity index (χ3v) is 3.90. The molecule has 1 aromatic rings. The molecule has 2 N–H and O–H groups in total. The summed E-state index contributed by atoms with van der Waals surface area (Å²) in [6, 6.07) is 4.27. The molecule has 1 fully saturated rings. The van der Waals surface area contributed by atoms with Crippen LogP contribution in [0.2, 0.25) is 0 Å².